The minimum atomic E-state index is 1.10. The molecular weight excluding hydrogens is 687 g/mol. The van der Waals surface area contributed by atoms with Crippen molar-refractivity contribution in [2.75, 3.05) is 4.90 Å². The number of anilines is 3. The first kappa shape index (κ1) is 34.0. The topological polar surface area (TPSA) is 3.24 Å². The molecule has 0 aliphatic rings. The van der Waals surface area contributed by atoms with Gasteiger partial charge in [0.1, 0.15) is 0 Å². The van der Waals surface area contributed by atoms with E-state index in [0.717, 1.165) is 17.1 Å². The molecule has 0 fully saturated rings. The minimum absolute atomic E-state index is 1.10. The maximum Gasteiger partial charge on any atom is 0.0540 e. The second-order valence-corrected chi connectivity index (χ2v) is 14.5. The Balaban J connectivity index is 1.06. The zero-order valence-corrected chi connectivity index (χ0v) is 31.5. The first-order valence-electron chi connectivity index (χ1n) is 19.6. The standard InChI is InChI=1S/C56H39N/c1-4-15-41(16-5-1)50-38-33-47(39-54(50)44-19-8-3-9-20-44)40-29-34-48(35-30-40)57(55-28-14-22-42-21-10-11-25-51(42)55)49-36-31-45(32-37-49)53-27-13-24-46-23-12-26-52(56(46)53)43-17-6-2-7-18-43/h1-39H. The van der Waals surface area contributed by atoms with E-state index in [2.05, 4.69) is 241 Å². The highest BCUT2D eigenvalue weighted by Gasteiger charge is 2.17. The molecule has 0 heterocycles. The summed E-state index contributed by atoms with van der Waals surface area (Å²) in [6.07, 6.45) is 0. The molecule has 0 spiro atoms. The van der Waals surface area contributed by atoms with Gasteiger partial charge in [0.15, 0.2) is 0 Å². The summed E-state index contributed by atoms with van der Waals surface area (Å²) >= 11 is 0. The molecule has 10 aromatic carbocycles. The number of rotatable bonds is 8. The van der Waals surface area contributed by atoms with Gasteiger partial charge >= 0.3 is 0 Å². The van der Waals surface area contributed by atoms with Gasteiger partial charge in [0.2, 0.25) is 0 Å². The van der Waals surface area contributed by atoms with Crippen molar-refractivity contribution in [3.63, 3.8) is 0 Å². The van der Waals surface area contributed by atoms with Gasteiger partial charge in [-0.05, 0) is 108 Å². The van der Waals surface area contributed by atoms with Gasteiger partial charge in [0, 0.05) is 16.8 Å². The van der Waals surface area contributed by atoms with Gasteiger partial charge in [0.25, 0.3) is 0 Å². The summed E-state index contributed by atoms with van der Waals surface area (Å²) in [5.74, 6) is 0. The molecule has 10 rings (SSSR count). The largest absolute Gasteiger partial charge is 0.310 e. The molecule has 0 N–H and O–H groups in total. The van der Waals surface area contributed by atoms with E-state index in [1.54, 1.807) is 0 Å². The van der Waals surface area contributed by atoms with Gasteiger partial charge in [-0.1, -0.05) is 200 Å². The monoisotopic (exact) mass is 725 g/mol. The second kappa shape index (κ2) is 15.0. The lowest BCUT2D eigenvalue weighted by Crippen LogP contribution is -2.10. The van der Waals surface area contributed by atoms with Crippen LogP contribution in [0.4, 0.5) is 17.1 Å². The highest BCUT2D eigenvalue weighted by Crippen LogP contribution is 2.43. The number of hydrogen-bond donors (Lipinski definition) is 0. The van der Waals surface area contributed by atoms with Crippen molar-refractivity contribution in [3.8, 4) is 55.6 Å². The lowest BCUT2D eigenvalue weighted by molar-refractivity contribution is 1.30. The fourth-order valence-electron chi connectivity index (χ4n) is 8.31. The molecule has 0 bridgehead atoms. The van der Waals surface area contributed by atoms with Crippen LogP contribution in [0.25, 0.3) is 77.2 Å². The molecule has 1 nitrogen and oxygen atoms in total. The predicted molar refractivity (Wildman–Crippen MR) is 243 cm³/mol. The average molecular weight is 726 g/mol. The minimum Gasteiger partial charge on any atom is -0.310 e. The van der Waals surface area contributed by atoms with Crippen LogP contribution in [0.15, 0.2) is 237 Å². The molecule has 268 valence electrons. The third kappa shape index (κ3) is 6.56. The average Bonchev–Trinajstić information content (AvgIpc) is 3.30. The third-order valence-electron chi connectivity index (χ3n) is 11.1. The zero-order valence-electron chi connectivity index (χ0n) is 31.5. The summed E-state index contributed by atoms with van der Waals surface area (Å²) in [5, 5.41) is 4.93. The number of fused-ring (bicyclic) bond motifs is 2. The van der Waals surface area contributed by atoms with E-state index in [9.17, 15) is 0 Å². The van der Waals surface area contributed by atoms with Crippen molar-refractivity contribution in [3.05, 3.63) is 237 Å². The molecule has 0 amide bonds. The SMILES string of the molecule is c1ccc(-c2ccc(-c3ccc(N(c4ccc(-c5cccc6cccc(-c7ccccc7)c56)cc4)c4cccc5ccccc45)cc3)cc2-c2ccccc2)cc1. The maximum absolute atomic E-state index is 2.39. The summed E-state index contributed by atoms with van der Waals surface area (Å²) in [5.41, 5.74) is 15.5. The van der Waals surface area contributed by atoms with Gasteiger partial charge in [-0.15, -0.1) is 0 Å². The Morgan fingerprint density at radius 1 is 0.246 bits per heavy atom. The van der Waals surface area contributed by atoms with E-state index in [0.29, 0.717) is 0 Å². The van der Waals surface area contributed by atoms with Crippen LogP contribution in [-0.2, 0) is 0 Å². The first-order valence-corrected chi connectivity index (χ1v) is 19.6. The Morgan fingerprint density at radius 3 is 1.30 bits per heavy atom. The van der Waals surface area contributed by atoms with Crippen LogP contribution in [0, 0.1) is 0 Å². The van der Waals surface area contributed by atoms with E-state index < -0.39 is 0 Å². The van der Waals surface area contributed by atoms with Crippen molar-refractivity contribution in [2.45, 2.75) is 0 Å². The third-order valence-corrected chi connectivity index (χ3v) is 11.1. The van der Waals surface area contributed by atoms with Crippen molar-refractivity contribution < 1.29 is 0 Å². The second-order valence-electron chi connectivity index (χ2n) is 14.5. The Bertz CT molecular complexity index is 2960. The van der Waals surface area contributed by atoms with Gasteiger partial charge in [0.05, 0.1) is 5.69 Å². The van der Waals surface area contributed by atoms with E-state index in [-0.39, 0.29) is 0 Å². The molecule has 0 radical (unpaired) electrons. The smallest absolute Gasteiger partial charge is 0.0540 e. The van der Waals surface area contributed by atoms with E-state index in [1.165, 1.54) is 77.2 Å². The van der Waals surface area contributed by atoms with Crippen molar-refractivity contribution >= 4 is 38.6 Å². The highest BCUT2D eigenvalue weighted by atomic mass is 15.1. The van der Waals surface area contributed by atoms with Gasteiger partial charge in [-0.2, -0.15) is 0 Å². The molecule has 0 saturated heterocycles. The summed E-state index contributed by atoms with van der Waals surface area (Å²) in [6.45, 7) is 0. The molecular formula is C56H39N. The fourth-order valence-corrected chi connectivity index (χ4v) is 8.31. The van der Waals surface area contributed by atoms with Crippen LogP contribution < -0.4 is 4.90 Å². The Kier molecular flexibility index (Phi) is 8.95. The summed E-state index contributed by atoms with van der Waals surface area (Å²) in [7, 11) is 0. The summed E-state index contributed by atoms with van der Waals surface area (Å²) in [6, 6.07) is 85.5. The van der Waals surface area contributed by atoms with Crippen LogP contribution in [0.2, 0.25) is 0 Å². The highest BCUT2D eigenvalue weighted by molar-refractivity contribution is 6.07. The first-order chi connectivity index (χ1) is 28.3. The van der Waals surface area contributed by atoms with Gasteiger partial charge < -0.3 is 4.90 Å². The lowest BCUT2D eigenvalue weighted by atomic mass is 9.91. The Morgan fingerprint density at radius 2 is 0.684 bits per heavy atom. The summed E-state index contributed by atoms with van der Waals surface area (Å²) in [4.78, 5) is 2.39. The molecule has 0 aliphatic heterocycles. The van der Waals surface area contributed by atoms with Crippen LogP contribution in [0.3, 0.4) is 0 Å². The van der Waals surface area contributed by atoms with E-state index in [1.807, 2.05) is 0 Å². The summed E-state index contributed by atoms with van der Waals surface area (Å²) < 4.78 is 0. The maximum atomic E-state index is 2.39. The van der Waals surface area contributed by atoms with Crippen molar-refractivity contribution in [1.29, 1.82) is 0 Å². The van der Waals surface area contributed by atoms with Crippen molar-refractivity contribution in [2.24, 2.45) is 0 Å². The van der Waals surface area contributed by atoms with E-state index in [4.69, 9.17) is 0 Å². The molecule has 0 aliphatic carbocycles. The van der Waals surface area contributed by atoms with Crippen LogP contribution in [0.1, 0.15) is 0 Å². The van der Waals surface area contributed by atoms with Crippen molar-refractivity contribution in [1.82, 2.24) is 0 Å². The molecule has 10 aromatic rings. The number of hydrogen-bond acceptors (Lipinski definition) is 1. The predicted octanol–water partition coefficient (Wildman–Crippen LogP) is 15.8. The Labute approximate surface area is 334 Å². The molecule has 1 heteroatoms. The molecule has 0 aromatic heterocycles. The quantitative estimate of drug-likeness (QED) is 0.151. The number of benzene rings is 10. The molecule has 0 atom stereocenters. The molecule has 0 unspecified atom stereocenters. The molecule has 57 heavy (non-hydrogen) atoms. The Hall–Kier alpha value is -7.48. The van der Waals surface area contributed by atoms with Crippen LogP contribution in [-0.4, -0.2) is 0 Å². The van der Waals surface area contributed by atoms with Crippen LogP contribution >= 0.6 is 0 Å². The normalized spacial score (nSPS) is 11.2. The lowest BCUT2D eigenvalue weighted by Gasteiger charge is -2.27. The number of nitrogens with zero attached hydrogens (tertiary/aromatic N) is 1. The van der Waals surface area contributed by atoms with Gasteiger partial charge in [-0.3, -0.25) is 0 Å². The zero-order chi connectivity index (χ0) is 38.0. The fraction of sp³-hybridized carbons (Fsp3) is 0. The van der Waals surface area contributed by atoms with E-state index >= 15 is 0 Å². The molecule has 0 saturated carbocycles. The van der Waals surface area contributed by atoms with Gasteiger partial charge in [-0.25, -0.2) is 0 Å². The van der Waals surface area contributed by atoms with Crippen LogP contribution in [0.5, 0.6) is 0 Å².